The van der Waals surface area contributed by atoms with E-state index in [1.165, 1.54) is 25.7 Å². The molecule has 4 aliphatic carbocycles. The van der Waals surface area contributed by atoms with Gasteiger partial charge in [-0.05, 0) is 114 Å². The van der Waals surface area contributed by atoms with Gasteiger partial charge >= 0.3 is 0 Å². The van der Waals surface area contributed by atoms with Gasteiger partial charge in [0.05, 0.1) is 5.69 Å². The van der Waals surface area contributed by atoms with Crippen molar-refractivity contribution in [3.8, 4) is 0 Å². The largest absolute Gasteiger partial charge is 0.325 e. The third-order valence-corrected chi connectivity index (χ3v) is 10.4. The summed E-state index contributed by atoms with van der Waals surface area (Å²) in [5.74, 6) is 3.13. The van der Waals surface area contributed by atoms with E-state index in [0.29, 0.717) is 29.5 Å². The Morgan fingerprint density at radius 3 is 2.67 bits per heavy atom. The predicted octanol–water partition coefficient (Wildman–Crippen LogP) is 6.23. The minimum absolute atomic E-state index is 0.100. The molecule has 3 saturated carbocycles. The highest BCUT2D eigenvalue weighted by molar-refractivity contribution is 14.1. The van der Waals surface area contributed by atoms with E-state index in [4.69, 9.17) is 0 Å². The molecule has 30 heavy (non-hydrogen) atoms. The summed E-state index contributed by atoms with van der Waals surface area (Å²) in [6.07, 6.45) is 11.8. The number of anilines is 1. The molecular weight excluding hydrogens is 485 g/mol. The molecular formula is C26H32INO2. The van der Waals surface area contributed by atoms with Gasteiger partial charge < -0.3 is 5.32 Å². The van der Waals surface area contributed by atoms with Crippen LogP contribution in [0.2, 0.25) is 0 Å². The number of carbonyl (C=O) groups is 2. The fourth-order valence-electron chi connectivity index (χ4n) is 7.85. The Morgan fingerprint density at radius 2 is 1.87 bits per heavy atom. The summed E-state index contributed by atoms with van der Waals surface area (Å²) in [5, 5.41) is 3.24. The fraction of sp³-hybridized carbons (Fsp3) is 0.615. The van der Waals surface area contributed by atoms with Gasteiger partial charge in [-0.3, -0.25) is 9.59 Å². The van der Waals surface area contributed by atoms with Crippen molar-refractivity contribution in [1.29, 1.82) is 0 Å². The van der Waals surface area contributed by atoms with E-state index in [2.05, 4.69) is 47.8 Å². The molecule has 0 aromatic heterocycles. The van der Waals surface area contributed by atoms with Crippen molar-refractivity contribution < 1.29 is 9.59 Å². The zero-order valence-electron chi connectivity index (χ0n) is 18.0. The van der Waals surface area contributed by atoms with Crippen LogP contribution in [0.3, 0.4) is 0 Å². The lowest BCUT2D eigenvalue weighted by Crippen LogP contribution is -2.53. The maximum Gasteiger partial charge on any atom is 0.228 e. The van der Waals surface area contributed by atoms with Gasteiger partial charge in [0.1, 0.15) is 0 Å². The number of rotatable bonds is 2. The molecule has 1 aromatic carbocycles. The molecule has 1 amide bonds. The summed E-state index contributed by atoms with van der Waals surface area (Å²) < 4.78 is 1.09. The van der Waals surface area contributed by atoms with Crippen LogP contribution in [-0.4, -0.2) is 11.7 Å². The van der Waals surface area contributed by atoms with E-state index in [1.54, 1.807) is 0 Å². The number of benzene rings is 1. The second-order valence-corrected chi connectivity index (χ2v) is 11.8. The Labute approximate surface area is 193 Å². The number of amides is 1. The number of carbonyl (C=O) groups excluding carboxylic acids is 2. The van der Waals surface area contributed by atoms with Crippen molar-refractivity contribution in [2.45, 2.75) is 58.8 Å². The van der Waals surface area contributed by atoms with Gasteiger partial charge in [-0.25, -0.2) is 0 Å². The first-order valence-electron chi connectivity index (χ1n) is 11.6. The van der Waals surface area contributed by atoms with Gasteiger partial charge in [0, 0.05) is 15.9 Å². The highest BCUT2D eigenvalue weighted by atomic mass is 127. The Bertz CT molecular complexity index is 910. The SMILES string of the molecule is C[C@]12C=CC(=O)CC1CC[C@@H]1[C@@H]2CC[C@]2(C)C(C(=O)Nc3ccccc3I)CC[C@@H]12. The molecule has 0 bridgehead atoms. The molecule has 2 unspecified atom stereocenters. The summed E-state index contributed by atoms with van der Waals surface area (Å²) in [6.45, 7) is 4.81. The number of halogens is 1. The lowest BCUT2D eigenvalue weighted by molar-refractivity contribution is -0.130. The highest BCUT2D eigenvalue weighted by Crippen LogP contribution is 2.66. The van der Waals surface area contributed by atoms with Crippen LogP contribution in [0.25, 0.3) is 0 Å². The van der Waals surface area contributed by atoms with Crippen LogP contribution < -0.4 is 5.32 Å². The summed E-state index contributed by atoms with van der Waals surface area (Å²) in [5.41, 5.74) is 1.20. The van der Waals surface area contributed by atoms with Crippen LogP contribution in [0.1, 0.15) is 58.8 Å². The highest BCUT2D eigenvalue weighted by Gasteiger charge is 2.60. The molecule has 0 saturated heterocycles. The van der Waals surface area contributed by atoms with Crippen LogP contribution in [0, 0.1) is 44.0 Å². The topological polar surface area (TPSA) is 46.2 Å². The second-order valence-electron chi connectivity index (χ2n) is 10.7. The maximum absolute atomic E-state index is 13.4. The number of ketones is 1. The quantitative estimate of drug-likeness (QED) is 0.473. The molecule has 1 aromatic rings. The number of para-hydroxylation sites is 1. The van der Waals surface area contributed by atoms with Crippen molar-refractivity contribution in [2.24, 2.45) is 40.4 Å². The monoisotopic (exact) mass is 517 g/mol. The third-order valence-electron chi connectivity index (χ3n) is 9.49. The molecule has 0 spiro atoms. The summed E-state index contributed by atoms with van der Waals surface area (Å²) in [6, 6.07) is 8.05. The van der Waals surface area contributed by atoms with E-state index >= 15 is 0 Å². The van der Waals surface area contributed by atoms with Gasteiger partial charge in [-0.1, -0.05) is 32.1 Å². The minimum Gasteiger partial charge on any atom is -0.325 e. The zero-order valence-corrected chi connectivity index (χ0v) is 20.2. The average molecular weight is 517 g/mol. The molecule has 4 heteroatoms. The molecule has 160 valence electrons. The van der Waals surface area contributed by atoms with Crippen LogP contribution in [0.4, 0.5) is 5.69 Å². The standard InChI is InChI=1S/C26H32INO2/c1-25-13-11-17(29)15-16(25)7-8-18-19-9-10-21(26(19,2)14-12-20(18)25)24(30)28-23-6-4-3-5-22(23)27/h3-6,11,13,16,18-21H,7-10,12,14-15H2,1-2H3,(H,28,30)/t16?,18-,19-,20-,21?,25-,26-/m0/s1. The van der Waals surface area contributed by atoms with Crippen molar-refractivity contribution in [3.63, 3.8) is 0 Å². The van der Waals surface area contributed by atoms with Gasteiger partial charge in [0.25, 0.3) is 0 Å². The van der Waals surface area contributed by atoms with Crippen LogP contribution in [0.5, 0.6) is 0 Å². The van der Waals surface area contributed by atoms with Crippen molar-refractivity contribution in [1.82, 2.24) is 0 Å². The van der Waals surface area contributed by atoms with Crippen molar-refractivity contribution >= 4 is 40.0 Å². The molecule has 5 rings (SSSR count). The van der Waals surface area contributed by atoms with Gasteiger partial charge in [0.2, 0.25) is 5.91 Å². The molecule has 1 N–H and O–H groups in total. The molecule has 7 atom stereocenters. The molecule has 0 aliphatic heterocycles. The van der Waals surface area contributed by atoms with Crippen LogP contribution in [0.15, 0.2) is 36.4 Å². The molecule has 0 radical (unpaired) electrons. The van der Waals surface area contributed by atoms with Crippen molar-refractivity contribution in [2.75, 3.05) is 5.32 Å². The summed E-state index contributed by atoms with van der Waals surface area (Å²) >= 11 is 2.30. The zero-order chi connectivity index (χ0) is 21.1. The minimum atomic E-state index is 0.100. The normalized spacial score (nSPS) is 42.2. The molecule has 3 nitrogen and oxygen atoms in total. The Hall–Kier alpha value is -1.17. The Kier molecular flexibility index (Phi) is 5.15. The predicted molar refractivity (Wildman–Crippen MR) is 128 cm³/mol. The first-order valence-corrected chi connectivity index (χ1v) is 12.7. The van der Waals surface area contributed by atoms with E-state index in [0.717, 1.165) is 28.5 Å². The van der Waals surface area contributed by atoms with Gasteiger partial charge in [-0.15, -0.1) is 0 Å². The Balaban J connectivity index is 1.38. The van der Waals surface area contributed by atoms with Gasteiger partial charge in [0.15, 0.2) is 5.78 Å². The third kappa shape index (κ3) is 3.11. The van der Waals surface area contributed by atoms with Crippen LogP contribution in [-0.2, 0) is 9.59 Å². The average Bonchev–Trinajstić information content (AvgIpc) is 3.07. The first kappa shape index (κ1) is 20.7. The lowest BCUT2D eigenvalue weighted by Gasteiger charge is -2.58. The smallest absolute Gasteiger partial charge is 0.228 e. The lowest BCUT2D eigenvalue weighted by atomic mass is 9.46. The second kappa shape index (κ2) is 7.46. The number of hydrogen-bond acceptors (Lipinski definition) is 2. The number of fused-ring (bicyclic) bond motifs is 5. The maximum atomic E-state index is 13.4. The molecule has 0 heterocycles. The van der Waals surface area contributed by atoms with E-state index in [-0.39, 0.29) is 22.7 Å². The molecule has 3 fully saturated rings. The summed E-state index contributed by atoms with van der Waals surface area (Å²) in [7, 11) is 0. The van der Waals surface area contributed by atoms with Crippen LogP contribution >= 0.6 is 22.6 Å². The van der Waals surface area contributed by atoms with Gasteiger partial charge in [-0.2, -0.15) is 0 Å². The summed E-state index contributed by atoms with van der Waals surface area (Å²) in [4.78, 5) is 25.4. The Morgan fingerprint density at radius 1 is 1.07 bits per heavy atom. The van der Waals surface area contributed by atoms with E-state index < -0.39 is 0 Å². The van der Waals surface area contributed by atoms with E-state index in [1.807, 2.05) is 30.3 Å². The van der Waals surface area contributed by atoms with Crippen molar-refractivity contribution in [3.05, 3.63) is 40.0 Å². The number of allylic oxidation sites excluding steroid dienone is 2. The number of nitrogens with one attached hydrogen (secondary N) is 1. The first-order chi connectivity index (χ1) is 14.3. The van der Waals surface area contributed by atoms with E-state index in [9.17, 15) is 9.59 Å². The molecule has 4 aliphatic rings. The fourth-order valence-corrected chi connectivity index (χ4v) is 8.37. The number of hydrogen-bond donors (Lipinski definition) is 1.